The molecule has 1 atom stereocenters. The molecule has 0 aliphatic rings. The van der Waals surface area contributed by atoms with Crippen molar-refractivity contribution in [2.75, 3.05) is 0 Å². The maximum Gasteiger partial charge on any atom is -0.0358 e. The van der Waals surface area contributed by atoms with Gasteiger partial charge >= 0.3 is 0 Å². The number of rotatable bonds is 12. The van der Waals surface area contributed by atoms with E-state index in [9.17, 15) is 0 Å². The molecule has 0 amide bonds. The van der Waals surface area contributed by atoms with E-state index in [0.717, 1.165) is 5.92 Å². The monoisotopic (exact) mass is 225 g/mol. The number of hydrogen-bond donors (Lipinski definition) is 0. The van der Waals surface area contributed by atoms with Crippen molar-refractivity contribution in [2.24, 2.45) is 5.92 Å². The zero-order chi connectivity index (χ0) is 12.1. The van der Waals surface area contributed by atoms with E-state index in [0.29, 0.717) is 0 Å². The molecule has 1 unspecified atom stereocenters. The first-order valence-electron chi connectivity index (χ1n) is 7.64. The van der Waals surface area contributed by atoms with Crippen molar-refractivity contribution < 1.29 is 0 Å². The molecule has 0 aromatic heterocycles. The van der Waals surface area contributed by atoms with Gasteiger partial charge in [0.15, 0.2) is 0 Å². The van der Waals surface area contributed by atoms with Gasteiger partial charge in [0.1, 0.15) is 0 Å². The van der Waals surface area contributed by atoms with Crippen molar-refractivity contribution in [3.63, 3.8) is 0 Å². The summed E-state index contributed by atoms with van der Waals surface area (Å²) in [4.78, 5) is 0. The zero-order valence-electron chi connectivity index (χ0n) is 11.9. The topological polar surface area (TPSA) is 0 Å². The van der Waals surface area contributed by atoms with Gasteiger partial charge in [-0.15, -0.1) is 0 Å². The van der Waals surface area contributed by atoms with Gasteiger partial charge in [0.25, 0.3) is 0 Å². The quantitative estimate of drug-likeness (QED) is 0.349. The van der Waals surface area contributed by atoms with Crippen molar-refractivity contribution in [3.05, 3.63) is 6.42 Å². The number of hydrogen-bond acceptors (Lipinski definition) is 0. The van der Waals surface area contributed by atoms with Gasteiger partial charge in [0.2, 0.25) is 0 Å². The summed E-state index contributed by atoms with van der Waals surface area (Å²) in [6, 6.07) is 0. The Morgan fingerprint density at radius 2 is 1.31 bits per heavy atom. The molecule has 0 rings (SSSR count). The molecule has 0 heterocycles. The molecule has 0 spiro atoms. The standard InChI is InChI=1S/C16H33/c1-4-6-8-9-10-11-13-15-16(3)14-12-7-5-2/h15-16H,4-14H2,1-3H3. The highest BCUT2D eigenvalue weighted by Gasteiger charge is 2.01. The maximum absolute atomic E-state index is 2.55. The molecule has 0 aliphatic heterocycles. The summed E-state index contributed by atoms with van der Waals surface area (Å²) >= 11 is 0. The average molecular weight is 225 g/mol. The van der Waals surface area contributed by atoms with Crippen LogP contribution in [0.5, 0.6) is 0 Å². The van der Waals surface area contributed by atoms with Crippen molar-refractivity contribution in [3.8, 4) is 0 Å². The van der Waals surface area contributed by atoms with Crippen LogP contribution in [-0.4, -0.2) is 0 Å². The SMILES string of the molecule is CCCCCCCC[CH]C(C)CCCCC. The zero-order valence-corrected chi connectivity index (χ0v) is 11.9. The molecule has 0 aromatic carbocycles. The highest BCUT2D eigenvalue weighted by atomic mass is 14.1. The van der Waals surface area contributed by atoms with Gasteiger partial charge in [-0.3, -0.25) is 0 Å². The molecule has 1 radical (unpaired) electrons. The molecule has 0 heteroatoms. The van der Waals surface area contributed by atoms with Crippen LogP contribution in [0.3, 0.4) is 0 Å². The Morgan fingerprint density at radius 1 is 0.750 bits per heavy atom. The van der Waals surface area contributed by atoms with Crippen LogP contribution in [0.1, 0.15) is 91.4 Å². The summed E-state index contributed by atoms with van der Waals surface area (Å²) < 4.78 is 0. The van der Waals surface area contributed by atoms with Crippen LogP contribution >= 0.6 is 0 Å². The van der Waals surface area contributed by atoms with E-state index in [4.69, 9.17) is 0 Å². The van der Waals surface area contributed by atoms with Gasteiger partial charge in [0, 0.05) is 0 Å². The summed E-state index contributed by atoms with van der Waals surface area (Å²) in [6.45, 7) is 6.95. The van der Waals surface area contributed by atoms with Crippen LogP contribution in [0.2, 0.25) is 0 Å². The Morgan fingerprint density at radius 3 is 2.00 bits per heavy atom. The largest absolute Gasteiger partial charge is 0.0654 e. The van der Waals surface area contributed by atoms with Gasteiger partial charge in [-0.1, -0.05) is 85.0 Å². The first-order chi connectivity index (χ1) is 7.81. The van der Waals surface area contributed by atoms with E-state index in [1.807, 2.05) is 0 Å². The van der Waals surface area contributed by atoms with Crippen molar-refractivity contribution >= 4 is 0 Å². The minimum atomic E-state index is 0.849. The van der Waals surface area contributed by atoms with Crippen LogP contribution in [0.15, 0.2) is 0 Å². The van der Waals surface area contributed by atoms with Gasteiger partial charge < -0.3 is 0 Å². The lowest BCUT2D eigenvalue weighted by Crippen LogP contribution is -1.95. The number of unbranched alkanes of at least 4 members (excludes halogenated alkanes) is 8. The van der Waals surface area contributed by atoms with E-state index in [1.165, 1.54) is 70.6 Å². The molecule has 0 fully saturated rings. The normalized spacial score (nSPS) is 12.9. The minimum absolute atomic E-state index is 0.849. The van der Waals surface area contributed by atoms with E-state index >= 15 is 0 Å². The fourth-order valence-electron chi connectivity index (χ4n) is 2.16. The van der Waals surface area contributed by atoms with E-state index < -0.39 is 0 Å². The Bertz CT molecular complexity index is 117. The molecule has 0 aliphatic carbocycles. The lowest BCUT2D eigenvalue weighted by Gasteiger charge is -2.10. The molecule has 16 heavy (non-hydrogen) atoms. The Labute approximate surface area is 104 Å². The second kappa shape index (κ2) is 13.1. The highest BCUT2D eigenvalue weighted by Crippen LogP contribution is 2.16. The third kappa shape index (κ3) is 12.1. The Kier molecular flexibility index (Phi) is 13.1. The van der Waals surface area contributed by atoms with Gasteiger partial charge in [-0.25, -0.2) is 0 Å². The van der Waals surface area contributed by atoms with Gasteiger partial charge in [-0.2, -0.15) is 0 Å². The van der Waals surface area contributed by atoms with Crippen molar-refractivity contribution in [1.29, 1.82) is 0 Å². The molecule has 97 valence electrons. The molecule has 0 bridgehead atoms. The third-order valence-corrected chi connectivity index (χ3v) is 3.39. The summed E-state index contributed by atoms with van der Waals surface area (Å²) in [5.41, 5.74) is 0. The van der Waals surface area contributed by atoms with Crippen molar-refractivity contribution in [1.82, 2.24) is 0 Å². The summed E-state index contributed by atoms with van der Waals surface area (Å²) in [7, 11) is 0. The van der Waals surface area contributed by atoms with Gasteiger partial charge in [-0.05, 0) is 18.8 Å². The fourth-order valence-corrected chi connectivity index (χ4v) is 2.16. The van der Waals surface area contributed by atoms with Crippen LogP contribution in [-0.2, 0) is 0 Å². The molecule has 0 aromatic rings. The fraction of sp³-hybridized carbons (Fsp3) is 0.938. The van der Waals surface area contributed by atoms with E-state index in [2.05, 4.69) is 27.2 Å². The summed E-state index contributed by atoms with van der Waals surface area (Å²) in [6.07, 6.45) is 18.0. The average Bonchev–Trinajstić information content (AvgIpc) is 2.28. The van der Waals surface area contributed by atoms with Crippen LogP contribution < -0.4 is 0 Å². The molecular weight excluding hydrogens is 192 g/mol. The predicted octanol–water partition coefficient (Wildman–Crippen LogP) is 6.16. The first-order valence-corrected chi connectivity index (χ1v) is 7.64. The molecule has 0 nitrogen and oxygen atoms in total. The minimum Gasteiger partial charge on any atom is -0.0654 e. The Hall–Kier alpha value is 0. The lowest BCUT2D eigenvalue weighted by molar-refractivity contribution is 0.518. The van der Waals surface area contributed by atoms with Gasteiger partial charge in [0.05, 0.1) is 0 Å². The summed E-state index contributed by atoms with van der Waals surface area (Å²) in [5.74, 6) is 0.849. The molecule has 0 saturated heterocycles. The predicted molar refractivity (Wildman–Crippen MR) is 75.6 cm³/mol. The molecule has 0 saturated carbocycles. The summed E-state index contributed by atoms with van der Waals surface area (Å²) in [5, 5.41) is 0. The Balaban J connectivity index is 3.06. The van der Waals surface area contributed by atoms with E-state index in [-0.39, 0.29) is 0 Å². The third-order valence-electron chi connectivity index (χ3n) is 3.39. The lowest BCUT2D eigenvalue weighted by atomic mass is 9.96. The molecular formula is C16H33. The van der Waals surface area contributed by atoms with E-state index in [1.54, 1.807) is 0 Å². The first kappa shape index (κ1) is 16.0. The maximum atomic E-state index is 2.55. The second-order valence-corrected chi connectivity index (χ2v) is 5.27. The molecule has 0 N–H and O–H groups in total. The van der Waals surface area contributed by atoms with Crippen LogP contribution in [0.4, 0.5) is 0 Å². The van der Waals surface area contributed by atoms with Crippen LogP contribution in [0, 0.1) is 12.3 Å². The highest BCUT2D eigenvalue weighted by molar-refractivity contribution is 4.72. The second-order valence-electron chi connectivity index (χ2n) is 5.27. The smallest absolute Gasteiger partial charge is 0.0358 e. The van der Waals surface area contributed by atoms with Crippen LogP contribution in [0.25, 0.3) is 0 Å². The van der Waals surface area contributed by atoms with Crippen molar-refractivity contribution in [2.45, 2.75) is 91.4 Å².